The van der Waals surface area contributed by atoms with E-state index in [-0.39, 0.29) is 12.1 Å². The van der Waals surface area contributed by atoms with Crippen LogP contribution in [0, 0.1) is 0 Å². The molecule has 24 heavy (non-hydrogen) atoms. The number of piperidine rings is 1. The van der Waals surface area contributed by atoms with Crippen LogP contribution >= 0.6 is 11.3 Å². The molecule has 3 rings (SSSR count). The van der Waals surface area contributed by atoms with E-state index in [1.807, 2.05) is 23.6 Å². The molecule has 1 aliphatic rings. The summed E-state index contributed by atoms with van der Waals surface area (Å²) in [6.45, 7) is 2.30. The van der Waals surface area contributed by atoms with Gasteiger partial charge in [0.2, 0.25) is 0 Å². The van der Waals surface area contributed by atoms with Crippen molar-refractivity contribution in [2.45, 2.75) is 25.5 Å². The summed E-state index contributed by atoms with van der Waals surface area (Å²) in [5.74, 6) is 0. The predicted molar refractivity (Wildman–Crippen MR) is 96.7 cm³/mol. The molecule has 2 amide bonds. The second-order valence-electron chi connectivity index (χ2n) is 5.80. The Morgan fingerprint density at radius 2 is 2.25 bits per heavy atom. The minimum absolute atomic E-state index is 0.136. The molecule has 1 atom stereocenters. The van der Waals surface area contributed by atoms with Gasteiger partial charge < -0.3 is 15.0 Å². The van der Waals surface area contributed by atoms with Crippen molar-refractivity contribution in [3.63, 3.8) is 0 Å². The van der Waals surface area contributed by atoms with Crippen molar-refractivity contribution in [3.05, 3.63) is 41.4 Å². The highest BCUT2D eigenvalue weighted by atomic mass is 32.1. The summed E-state index contributed by atoms with van der Waals surface area (Å²) in [6.07, 6.45) is 2.05. The number of benzene rings is 1. The zero-order valence-corrected chi connectivity index (χ0v) is 14.5. The molecule has 1 saturated heterocycles. The number of para-hydroxylation sites is 1. The Morgan fingerprint density at radius 3 is 3.04 bits per heavy atom. The summed E-state index contributed by atoms with van der Waals surface area (Å²) >= 11 is 1.40. The van der Waals surface area contributed by atoms with Crippen LogP contribution in [0.1, 0.15) is 18.5 Å². The fraction of sp³-hybridized carbons (Fsp3) is 0.412. The second kappa shape index (κ2) is 8.12. The van der Waals surface area contributed by atoms with Gasteiger partial charge in [0.15, 0.2) is 5.13 Å². The Balaban J connectivity index is 1.52. The minimum Gasteiger partial charge on any atom is -0.378 e. The number of thiazole rings is 1. The molecule has 2 N–H and O–H groups in total. The average molecular weight is 346 g/mol. The summed E-state index contributed by atoms with van der Waals surface area (Å²) in [7, 11) is 1.63. The monoisotopic (exact) mass is 346 g/mol. The largest absolute Gasteiger partial charge is 0.378 e. The van der Waals surface area contributed by atoms with Crippen LogP contribution in [0.2, 0.25) is 0 Å². The SMILES string of the molecule is COCc1csc(NC(=O)N[C@@H]2CCCN(c3ccccc3)C2)n1. The zero-order chi connectivity index (χ0) is 16.8. The van der Waals surface area contributed by atoms with E-state index < -0.39 is 0 Å². The van der Waals surface area contributed by atoms with Gasteiger partial charge in [-0.15, -0.1) is 11.3 Å². The van der Waals surface area contributed by atoms with Gasteiger partial charge in [-0.3, -0.25) is 5.32 Å². The number of methoxy groups -OCH3 is 1. The van der Waals surface area contributed by atoms with Gasteiger partial charge >= 0.3 is 6.03 Å². The van der Waals surface area contributed by atoms with Crippen molar-refractivity contribution in [1.82, 2.24) is 10.3 Å². The molecule has 7 heteroatoms. The lowest BCUT2D eigenvalue weighted by Crippen LogP contribution is -2.49. The lowest BCUT2D eigenvalue weighted by atomic mass is 10.1. The normalized spacial score (nSPS) is 17.5. The molecule has 0 radical (unpaired) electrons. The summed E-state index contributed by atoms with van der Waals surface area (Å²) in [6, 6.07) is 10.2. The molecule has 1 fully saturated rings. The first-order valence-electron chi connectivity index (χ1n) is 8.05. The average Bonchev–Trinajstić information content (AvgIpc) is 3.03. The fourth-order valence-electron chi connectivity index (χ4n) is 2.87. The fourth-order valence-corrected chi connectivity index (χ4v) is 3.56. The number of carbonyl (C=O) groups excluding carboxylic acids is 1. The highest BCUT2D eigenvalue weighted by molar-refractivity contribution is 7.13. The van der Waals surface area contributed by atoms with Crippen molar-refractivity contribution in [2.24, 2.45) is 0 Å². The summed E-state index contributed by atoms with van der Waals surface area (Å²) in [4.78, 5) is 18.8. The van der Waals surface area contributed by atoms with Crippen LogP contribution in [0.25, 0.3) is 0 Å². The molecule has 1 aliphatic heterocycles. The van der Waals surface area contributed by atoms with Crippen LogP contribution in [-0.2, 0) is 11.3 Å². The third-order valence-electron chi connectivity index (χ3n) is 3.94. The summed E-state index contributed by atoms with van der Waals surface area (Å²) < 4.78 is 5.03. The molecule has 0 aliphatic carbocycles. The minimum atomic E-state index is -0.201. The van der Waals surface area contributed by atoms with Crippen LogP contribution in [0.3, 0.4) is 0 Å². The van der Waals surface area contributed by atoms with Gasteiger partial charge in [-0.2, -0.15) is 0 Å². The van der Waals surface area contributed by atoms with Crippen LogP contribution in [0.4, 0.5) is 15.6 Å². The number of hydrogen-bond acceptors (Lipinski definition) is 5. The molecule has 0 saturated carbocycles. The first-order valence-corrected chi connectivity index (χ1v) is 8.93. The maximum absolute atomic E-state index is 12.2. The molecule has 0 spiro atoms. The molecule has 0 unspecified atom stereocenters. The number of amides is 2. The third kappa shape index (κ3) is 4.46. The van der Waals surface area contributed by atoms with E-state index >= 15 is 0 Å². The van der Waals surface area contributed by atoms with E-state index in [4.69, 9.17) is 4.74 Å². The van der Waals surface area contributed by atoms with Crippen molar-refractivity contribution in [3.8, 4) is 0 Å². The lowest BCUT2D eigenvalue weighted by molar-refractivity contribution is 0.182. The molecule has 1 aromatic carbocycles. The number of rotatable bonds is 5. The van der Waals surface area contributed by atoms with Crippen LogP contribution in [0.5, 0.6) is 0 Å². The van der Waals surface area contributed by atoms with Gasteiger partial charge in [0.25, 0.3) is 0 Å². The van der Waals surface area contributed by atoms with Gasteiger partial charge in [0, 0.05) is 37.3 Å². The Kier molecular flexibility index (Phi) is 5.66. The topological polar surface area (TPSA) is 66.5 Å². The molecule has 6 nitrogen and oxygen atoms in total. The Labute approximate surface area is 145 Å². The van der Waals surface area contributed by atoms with E-state index in [9.17, 15) is 4.79 Å². The number of anilines is 2. The van der Waals surface area contributed by atoms with E-state index in [0.29, 0.717) is 11.7 Å². The van der Waals surface area contributed by atoms with Crippen molar-refractivity contribution >= 4 is 28.2 Å². The van der Waals surface area contributed by atoms with Crippen molar-refractivity contribution < 1.29 is 9.53 Å². The Hall–Kier alpha value is -2.12. The number of nitrogens with zero attached hydrogens (tertiary/aromatic N) is 2. The molecule has 1 aromatic heterocycles. The van der Waals surface area contributed by atoms with Crippen LogP contribution < -0.4 is 15.5 Å². The summed E-state index contributed by atoms with van der Waals surface area (Å²) in [5.41, 5.74) is 2.03. The smallest absolute Gasteiger partial charge is 0.321 e. The van der Waals surface area contributed by atoms with Crippen molar-refractivity contribution in [1.29, 1.82) is 0 Å². The maximum atomic E-state index is 12.2. The van der Waals surface area contributed by atoms with Gasteiger partial charge in [-0.25, -0.2) is 9.78 Å². The summed E-state index contributed by atoms with van der Waals surface area (Å²) in [5, 5.41) is 8.34. The standard InChI is InChI=1S/C17H22N4O2S/c1-23-11-14-12-24-17(19-14)20-16(22)18-13-6-5-9-21(10-13)15-7-3-2-4-8-15/h2-4,7-8,12-13H,5-6,9-11H2,1H3,(H2,18,19,20,22)/t13-/m1/s1. The molecule has 128 valence electrons. The second-order valence-corrected chi connectivity index (χ2v) is 6.65. The first kappa shape index (κ1) is 16.7. The van der Waals surface area contributed by atoms with Crippen LogP contribution in [-0.4, -0.2) is 37.3 Å². The molecule has 2 heterocycles. The molecular weight excluding hydrogens is 324 g/mol. The Bertz CT molecular complexity index is 662. The van der Waals surface area contributed by atoms with E-state index in [0.717, 1.165) is 31.6 Å². The van der Waals surface area contributed by atoms with Gasteiger partial charge in [0.05, 0.1) is 12.3 Å². The molecular formula is C17H22N4O2S. The third-order valence-corrected chi connectivity index (χ3v) is 4.75. The van der Waals surface area contributed by atoms with E-state index in [1.54, 1.807) is 7.11 Å². The number of ether oxygens (including phenoxy) is 1. The first-order chi connectivity index (χ1) is 11.7. The van der Waals surface area contributed by atoms with Crippen LogP contribution in [0.15, 0.2) is 35.7 Å². The Morgan fingerprint density at radius 1 is 1.42 bits per heavy atom. The predicted octanol–water partition coefficient (Wildman–Crippen LogP) is 3.08. The van der Waals surface area contributed by atoms with Gasteiger partial charge in [-0.05, 0) is 25.0 Å². The number of carbonyl (C=O) groups is 1. The van der Waals surface area contributed by atoms with Crippen molar-refractivity contribution in [2.75, 3.05) is 30.4 Å². The number of nitrogens with one attached hydrogen (secondary N) is 2. The molecule has 0 bridgehead atoms. The highest BCUT2D eigenvalue weighted by Gasteiger charge is 2.21. The highest BCUT2D eigenvalue weighted by Crippen LogP contribution is 2.20. The molecule has 2 aromatic rings. The van der Waals surface area contributed by atoms with E-state index in [2.05, 4.69) is 32.7 Å². The number of aromatic nitrogens is 1. The lowest BCUT2D eigenvalue weighted by Gasteiger charge is -2.34. The maximum Gasteiger partial charge on any atom is 0.321 e. The quantitative estimate of drug-likeness (QED) is 0.873. The van der Waals surface area contributed by atoms with Gasteiger partial charge in [0.1, 0.15) is 0 Å². The zero-order valence-electron chi connectivity index (χ0n) is 13.7. The van der Waals surface area contributed by atoms with Gasteiger partial charge in [-0.1, -0.05) is 18.2 Å². The number of urea groups is 1. The van der Waals surface area contributed by atoms with E-state index in [1.165, 1.54) is 17.0 Å². The number of hydrogen-bond donors (Lipinski definition) is 2.